The molecule has 0 aliphatic carbocycles. The van der Waals surface area contributed by atoms with E-state index in [2.05, 4.69) is 65.2 Å². The van der Waals surface area contributed by atoms with Crippen LogP contribution in [0.4, 0.5) is 0 Å². The summed E-state index contributed by atoms with van der Waals surface area (Å²) in [6.07, 6.45) is 0. The third-order valence-corrected chi connectivity index (χ3v) is 4.33. The van der Waals surface area contributed by atoms with Crippen LogP contribution < -0.4 is 10.6 Å². The molecule has 0 spiro atoms. The van der Waals surface area contributed by atoms with E-state index in [1.165, 1.54) is 5.56 Å². The average Bonchev–Trinajstić information content (AvgIpc) is 2.66. The standard InChI is InChI=1S/C21H35N5O.HI/c1-7-26(8-2)19(18-12-10-9-11-13-18)15-23-21(22-14-17(3)4)24-16-20(27)25(5)6;/h9-13,19H,3,7-8,14-16H2,1-2,4-6H3,(H2,22,23,24);1H. The maximum Gasteiger partial charge on any atom is 0.243 e. The van der Waals surface area contributed by atoms with Gasteiger partial charge in [-0.25, -0.2) is 4.99 Å². The van der Waals surface area contributed by atoms with Crippen molar-refractivity contribution in [3.05, 3.63) is 48.0 Å². The Balaban J connectivity index is 0.00000729. The van der Waals surface area contributed by atoms with Gasteiger partial charge in [-0.15, -0.1) is 24.0 Å². The first-order valence-electron chi connectivity index (χ1n) is 9.54. The van der Waals surface area contributed by atoms with E-state index in [-0.39, 0.29) is 42.5 Å². The zero-order chi connectivity index (χ0) is 20.2. The number of nitrogens with zero attached hydrogens (tertiary/aromatic N) is 3. The van der Waals surface area contributed by atoms with Crippen LogP contribution in [-0.4, -0.2) is 68.5 Å². The first-order chi connectivity index (χ1) is 12.9. The Bertz CT molecular complexity index is 614. The fourth-order valence-corrected chi connectivity index (χ4v) is 2.69. The molecule has 158 valence electrons. The van der Waals surface area contributed by atoms with E-state index >= 15 is 0 Å². The largest absolute Gasteiger partial charge is 0.354 e. The zero-order valence-electron chi connectivity index (χ0n) is 17.9. The minimum Gasteiger partial charge on any atom is -0.354 e. The highest BCUT2D eigenvalue weighted by molar-refractivity contribution is 14.0. The Morgan fingerprint density at radius 3 is 2.25 bits per heavy atom. The third kappa shape index (κ3) is 9.54. The molecular weight excluding hydrogens is 465 g/mol. The molecule has 0 saturated heterocycles. The fraction of sp³-hybridized carbons (Fsp3) is 0.524. The molecule has 0 fully saturated rings. The van der Waals surface area contributed by atoms with Gasteiger partial charge in [0.2, 0.25) is 5.91 Å². The molecule has 0 saturated carbocycles. The number of hydrogen-bond acceptors (Lipinski definition) is 3. The number of likely N-dealkylation sites (N-methyl/N-ethyl adjacent to an activating group) is 2. The van der Waals surface area contributed by atoms with Crippen LogP contribution in [0, 0.1) is 0 Å². The van der Waals surface area contributed by atoms with Crippen LogP contribution in [0.25, 0.3) is 0 Å². The maximum absolute atomic E-state index is 11.9. The summed E-state index contributed by atoms with van der Waals surface area (Å²) in [5, 5.41) is 6.65. The molecule has 28 heavy (non-hydrogen) atoms. The number of halogens is 1. The molecule has 0 aromatic heterocycles. The van der Waals surface area contributed by atoms with E-state index in [0.717, 1.165) is 18.7 Å². The minimum absolute atomic E-state index is 0. The number of amides is 1. The van der Waals surface area contributed by atoms with Crippen molar-refractivity contribution in [3.8, 4) is 0 Å². The van der Waals surface area contributed by atoms with Crippen molar-refractivity contribution in [1.29, 1.82) is 0 Å². The molecule has 0 aliphatic rings. The Morgan fingerprint density at radius 1 is 1.14 bits per heavy atom. The van der Waals surface area contributed by atoms with Gasteiger partial charge in [0.05, 0.1) is 6.04 Å². The first kappa shape index (κ1) is 26.4. The smallest absolute Gasteiger partial charge is 0.243 e. The van der Waals surface area contributed by atoms with E-state index in [1.54, 1.807) is 19.0 Å². The number of benzene rings is 1. The molecule has 1 aromatic rings. The number of hydrogen-bond donors (Lipinski definition) is 2. The predicted octanol–water partition coefficient (Wildman–Crippen LogP) is 2.89. The summed E-state index contributed by atoms with van der Waals surface area (Å²) in [6.45, 7) is 13.6. The quantitative estimate of drug-likeness (QED) is 0.224. The summed E-state index contributed by atoms with van der Waals surface area (Å²) in [5.74, 6) is 0.594. The van der Waals surface area contributed by atoms with Crippen LogP contribution in [0.15, 0.2) is 47.5 Å². The highest BCUT2D eigenvalue weighted by Crippen LogP contribution is 2.19. The third-order valence-electron chi connectivity index (χ3n) is 4.33. The monoisotopic (exact) mass is 501 g/mol. The van der Waals surface area contributed by atoms with Crippen LogP contribution >= 0.6 is 24.0 Å². The highest BCUT2D eigenvalue weighted by atomic mass is 127. The van der Waals surface area contributed by atoms with E-state index in [0.29, 0.717) is 19.0 Å². The number of aliphatic imine (C=N–C) groups is 1. The summed E-state index contributed by atoms with van der Waals surface area (Å²) in [4.78, 5) is 20.3. The summed E-state index contributed by atoms with van der Waals surface area (Å²) >= 11 is 0. The summed E-state index contributed by atoms with van der Waals surface area (Å²) in [6, 6.07) is 10.7. The Morgan fingerprint density at radius 2 is 1.75 bits per heavy atom. The van der Waals surface area contributed by atoms with Crippen molar-refractivity contribution >= 4 is 35.8 Å². The number of rotatable bonds is 10. The maximum atomic E-state index is 11.9. The van der Waals surface area contributed by atoms with E-state index < -0.39 is 0 Å². The normalized spacial score (nSPS) is 12.1. The minimum atomic E-state index is -0.0326. The van der Waals surface area contributed by atoms with E-state index in [1.807, 2.05) is 13.0 Å². The van der Waals surface area contributed by atoms with Crippen molar-refractivity contribution in [2.75, 3.05) is 46.8 Å². The van der Waals surface area contributed by atoms with E-state index in [9.17, 15) is 4.79 Å². The van der Waals surface area contributed by atoms with Gasteiger partial charge in [0, 0.05) is 27.2 Å². The number of carbonyl (C=O) groups is 1. The van der Waals surface area contributed by atoms with Crippen molar-refractivity contribution in [2.24, 2.45) is 4.99 Å². The van der Waals surface area contributed by atoms with E-state index in [4.69, 9.17) is 0 Å². The van der Waals surface area contributed by atoms with Gasteiger partial charge in [0.1, 0.15) is 6.54 Å². The van der Waals surface area contributed by atoms with Gasteiger partial charge < -0.3 is 15.5 Å². The van der Waals surface area contributed by atoms with Crippen molar-refractivity contribution in [1.82, 2.24) is 20.4 Å². The van der Waals surface area contributed by atoms with Crippen LogP contribution in [-0.2, 0) is 4.79 Å². The van der Waals surface area contributed by atoms with Crippen LogP contribution in [0.3, 0.4) is 0 Å². The lowest BCUT2D eigenvalue weighted by atomic mass is 10.1. The number of carbonyl (C=O) groups excluding carboxylic acids is 1. The molecule has 0 aliphatic heterocycles. The number of nitrogens with one attached hydrogen (secondary N) is 2. The van der Waals surface area contributed by atoms with Gasteiger partial charge in [0.25, 0.3) is 0 Å². The Labute approximate surface area is 187 Å². The number of guanidine groups is 1. The SMILES string of the molecule is C=C(C)CNC(=NCC(=O)N(C)C)NCC(c1ccccc1)N(CC)CC.I. The summed E-state index contributed by atoms with van der Waals surface area (Å²) < 4.78 is 0. The fourth-order valence-electron chi connectivity index (χ4n) is 2.69. The van der Waals surface area contributed by atoms with Crippen LogP contribution in [0.5, 0.6) is 0 Å². The molecule has 0 radical (unpaired) electrons. The molecule has 1 amide bonds. The summed E-state index contributed by atoms with van der Waals surface area (Å²) in [7, 11) is 3.47. The van der Waals surface area contributed by atoms with Crippen LogP contribution in [0.1, 0.15) is 32.4 Å². The molecule has 0 heterocycles. The zero-order valence-corrected chi connectivity index (χ0v) is 20.2. The van der Waals surface area contributed by atoms with Gasteiger partial charge in [-0.1, -0.05) is 56.3 Å². The van der Waals surface area contributed by atoms with Crippen molar-refractivity contribution < 1.29 is 4.79 Å². The van der Waals surface area contributed by atoms with Crippen molar-refractivity contribution in [3.63, 3.8) is 0 Å². The van der Waals surface area contributed by atoms with Crippen LogP contribution in [0.2, 0.25) is 0 Å². The van der Waals surface area contributed by atoms with Gasteiger partial charge in [-0.05, 0) is 25.6 Å². The molecule has 7 heteroatoms. The molecule has 1 unspecified atom stereocenters. The second kappa shape index (κ2) is 14.4. The summed E-state index contributed by atoms with van der Waals surface area (Å²) in [5.41, 5.74) is 2.27. The first-order valence-corrected chi connectivity index (χ1v) is 9.54. The van der Waals surface area contributed by atoms with Gasteiger partial charge in [-0.3, -0.25) is 9.69 Å². The molecule has 1 atom stereocenters. The highest BCUT2D eigenvalue weighted by Gasteiger charge is 2.18. The predicted molar refractivity (Wildman–Crippen MR) is 129 cm³/mol. The lowest BCUT2D eigenvalue weighted by Crippen LogP contribution is -2.44. The second-order valence-electron chi connectivity index (χ2n) is 6.79. The van der Waals surface area contributed by atoms with Crippen molar-refractivity contribution in [2.45, 2.75) is 26.8 Å². The Hall–Kier alpha value is -1.61. The average molecular weight is 501 g/mol. The molecule has 1 aromatic carbocycles. The Kier molecular flexibility index (Phi) is 13.6. The molecule has 0 bridgehead atoms. The van der Waals surface area contributed by atoms with Gasteiger partial charge in [-0.2, -0.15) is 0 Å². The van der Waals surface area contributed by atoms with Gasteiger partial charge in [0.15, 0.2) is 5.96 Å². The second-order valence-corrected chi connectivity index (χ2v) is 6.79. The topological polar surface area (TPSA) is 60.0 Å². The molecule has 1 rings (SSSR count). The van der Waals surface area contributed by atoms with Gasteiger partial charge >= 0.3 is 0 Å². The lowest BCUT2D eigenvalue weighted by molar-refractivity contribution is -0.127. The molecule has 6 nitrogen and oxygen atoms in total. The molecular formula is C21H36IN5O. The lowest BCUT2D eigenvalue weighted by Gasteiger charge is -2.31. The molecule has 2 N–H and O–H groups in total.